The topological polar surface area (TPSA) is 102 Å². The van der Waals surface area contributed by atoms with E-state index in [1.165, 1.54) is 12.1 Å². The minimum atomic E-state index is -0.290. The predicted molar refractivity (Wildman–Crippen MR) is 145 cm³/mol. The Balaban J connectivity index is 1.48. The molecule has 7 nitrogen and oxygen atoms in total. The summed E-state index contributed by atoms with van der Waals surface area (Å²) in [5, 5.41) is 4.19. The monoisotopic (exact) mass is 496 g/mol. The fourth-order valence-electron chi connectivity index (χ4n) is 4.14. The molecule has 0 bridgehead atoms. The average Bonchev–Trinajstić information content (AvgIpc) is 3.34. The molecule has 188 valence electrons. The predicted octanol–water partition coefficient (Wildman–Crippen LogP) is 5.86. The summed E-state index contributed by atoms with van der Waals surface area (Å²) in [5.74, 6) is 1.15. The zero-order valence-corrected chi connectivity index (χ0v) is 20.7. The molecule has 5 aromatic rings. The summed E-state index contributed by atoms with van der Waals surface area (Å²) >= 11 is 0. The Morgan fingerprint density at radius 2 is 1.89 bits per heavy atom. The van der Waals surface area contributed by atoms with Gasteiger partial charge in [-0.1, -0.05) is 18.2 Å². The summed E-state index contributed by atoms with van der Waals surface area (Å²) in [6, 6.07) is 20.3. The van der Waals surface area contributed by atoms with E-state index in [1.54, 1.807) is 12.3 Å². The Kier molecular flexibility index (Phi) is 7.37. The molecule has 0 aliphatic rings. The molecule has 0 atom stereocenters. The van der Waals surface area contributed by atoms with E-state index in [0.717, 1.165) is 57.8 Å². The van der Waals surface area contributed by atoms with Crippen LogP contribution in [0.4, 0.5) is 10.1 Å². The second-order valence-corrected chi connectivity index (χ2v) is 8.86. The van der Waals surface area contributed by atoms with Gasteiger partial charge in [0.15, 0.2) is 0 Å². The van der Waals surface area contributed by atoms with Crippen molar-refractivity contribution in [2.24, 2.45) is 5.73 Å². The highest BCUT2D eigenvalue weighted by molar-refractivity contribution is 5.87. The number of H-pyrrole nitrogens is 1. The lowest BCUT2D eigenvalue weighted by molar-refractivity contribution is 0.307. The van der Waals surface area contributed by atoms with Gasteiger partial charge in [0.25, 0.3) is 0 Å². The van der Waals surface area contributed by atoms with Gasteiger partial charge in [0.1, 0.15) is 17.4 Å². The number of nitrogens with one attached hydrogen (secondary N) is 2. The SMILES string of the molecule is Cc1cccc(-c2[nH]c(CNc3cccc(F)c3)nc2-c2ccc3ncc(OCCCCN)cc3c2)n1. The summed E-state index contributed by atoms with van der Waals surface area (Å²) in [6.07, 6.45) is 3.58. The van der Waals surface area contributed by atoms with E-state index in [4.69, 9.17) is 20.4 Å². The molecule has 0 radical (unpaired) electrons. The lowest BCUT2D eigenvalue weighted by atomic mass is 10.1. The van der Waals surface area contributed by atoms with Gasteiger partial charge < -0.3 is 20.8 Å². The number of anilines is 1. The molecular weight excluding hydrogens is 467 g/mol. The number of halogens is 1. The van der Waals surface area contributed by atoms with Crippen LogP contribution in [0.15, 0.2) is 72.9 Å². The average molecular weight is 497 g/mol. The van der Waals surface area contributed by atoms with Crippen LogP contribution in [-0.2, 0) is 6.54 Å². The van der Waals surface area contributed by atoms with Gasteiger partial charge in [0.2, 0.25) is 0 Å². The van der Waals surface area contributed by atoms with E-state index < -0.39 is 0 Å². The summed E-state index contributed by atoms with van der Waals surface area (Å²) < 4.78 is 19.5. The third-order valence-corrected chi connectivity index (χ3v) is 5.98. The molecule has 5 rings (SSSR count). The smallest absolute Gasteiger partial charge is 0.138 e. The maximum absolute atomic E-state index is 13.6. The molecule has 0 spiro atoms. The van der Waals surface area contributed by atoms with Crippen LogP contribution >= 0.6 is 0 Å². The first-order valence-electron chi connectivity index (χ1n) is 12.3. The second kappa shape index (κ2) is 11.2. The zero-order valence-electron chi connectivity index (χ0n) is 20.7. The fourth-order valence-corrected chi connectivity index (χ4v) is 4.14. The largest absolute Gasteiger partial charge is 0.492 e. The van der Waals surface area contributed by atoms with Crippen molar-refractivity contribution in [1.29, 1.82) is 0 Å². The van der Waals surface area contributed by atoms with Crippen molar-refractivity contribution in [2.75, 3.05) is 18.5 Å². The van der Waals surface area contributed by atoms with Crippen LogP contribution in [0.5, 0.6) is 5.75 Å². The zero-order chi connectivity index (χ0) is 25.6. The summed E-state index contributed by atoms with van der Waals surface area (Å²) in [5.41, 5.74) is 11.4. The Hall–Kier alpha value is -4.30. The van der Waals surface area contributed by atoms with Gasteiger partial charge >= 0.3 is 0 Å². The number of fused-ring (bicyclic) bond motifs is 1. The maximum atomic E-state index is 13.6. The molecule has 37 heavy (non-hydrogen) atoms. The highest BCUT2D eigenvalue weighted by Gasteiger charge is 2.16. The highest BCUT2D eigenvalue weighted by atomic mass is 19.1. The molecular formula is C29H29FN6O. The van der Waals surface area contributed by atoms with Crippen LogP contribution in [-0.4, -0.2) is 33.1 Å². The minimum Gasteiger partial charge on any atom is -0.492 e. The van der Waals surface area contributed by atoms with Crippen molar-refractivity contribution in [2.45, 2.75) is 26.3 Å². The first kappa shape index (κ1) is 24.4. The van der Waals surface area contributed by atoms with Crippen LogP contribution in [0, 0.1) is 12.7 Å². The molecule has 0 saturated carbocycles. The Morgan fingerprint density at radius 1 is 1.00 bits per heavy atom. The third kappa shape index (κ3) is 5.92. The number of unbranched alkanes of at least 4 members (excludes halogenated alkanes) is 1. The summed E-state index contributed by atoms with van der Waals surface area (Å²) in [7, 11) is 0. The molecule has 0 aliphatic carbocycles. The third-order valence-electron chi connectivity index (χ3n) is 5.98. The Morgan fingerprint density at radius 3 is 2.73 bits per heavy atom. The van der Waals surface area contributed by atoms with Gasteiger partial charge in [-0.25, -0.2) is 9.37 Å². The van der Waals surface area contributed by atoms with Crippen molar-refractivity contribution in [3.63, 3.8) is 0 Å². The second-order valence-electron chi connectivity index (χ2n) is 8.86. The van der Waals surface area contributed by atoms with Gasteiger partial charge in [0.05, 0.1) is 41.9 Å². The van der Waals surface area contributed by atoms with Gasteiger partial charge in [-0.2, -0.15) is 0 Å². The van der Waals surface area contributed by atoms with Crippen molar-refractivity contribution in [3.8, 4) is 28.4 Å². The number of ether oxygens (including phenoxy) is 1. The molecule has 0 aliphatic heterocycles. The van der Waals surface area contributed by atoms with Crippen LogP contribution in [0.1, 0.15) is 24.4 Å². The van der Waals surface area contributed by atoms with Crippen molar-refractivity contribution in [3.05, 3.63) is 90.3 Å². The van der Waals surface area contributed by atoms with Gasteiger partial charge in [0, 0.05) is 22.3 Å². The lowest BCUT2D eigenvalue weighted by Gasteiger charge is -2.08. The molecule has 8 heteroatoms. The first-order chi connectivity index (χ1) is 18.1. The van der Waals surface area contributed by atoms with E-state index >= 15 is 0 Å². The molecule has 2 aromatic carbocycles. The van der Waals surface area contributed by atoms with Crippen LogP contribution in [0.3, 0.4) is 0 Å². The van der Waals surface area contributed by atoms with E-state index in [9.17, 15) is 4.39 Å². The number of nitrogens with zero attached hydrogens (tertiary/aromatic N) is 3. The van der Waals surface area contributed by atoms with Crippen LogP contribution < -0.4 is 15.8 Å². The number of aryl methyl sites for hydroxylation is 1. The maximum Gasteiger partial charge on any atom is 0.138 e. The Labute approximate surface area is 215 Å². The van der Waals surface area contributed by atoms with Crippen molar-refractivity contribution < 1.29 is 9.13 Å². The van der Waals surface area contributed by atoms with Crippen molar-refractivity contribution >= 4 is 16.6 Å². The molecule has 3 heterocycles. The number of pyridine rings is 2. The number of rotatable bonds is 10. The number of aromatic amines is 1. The Bertz CT molecular complexity index is 1520. The highest BCUT2D eigenvalue weighted by Crippen LogP contribution is 2.32. The molecule has 0 saturated heterocycles. The number of imidazole rings is 1. The van der Waals surface area contributed by atoms with E-state index in [0.29, 0.717) is 31.2 Å². The number of hydrogen-bond donors (Lipinski definition) is 3. The molecule has 0 unspecified atom stereocenters. The van der Waals surface area contributed by atoms with Crippen LogP contribution in [0.2, 0.25) is 0 Å². The fraction of sp³-hybridized carbons (Fsp3) is 0.207. The lowest BCUT2D eigenvalue weighted by Crippen LogP contribution is -2.03. The van der Waals surface area contributed by atoms with E-state index in [2.05, 4.69) is 21.4 Å². The van der Waals surface area contributed by atoms with Crippen LogP contribution in [0.25, 0.3) is 33.5 Å². The quantitative estimate of drug-likeness (QED) is 0.209. The van der Waals surface area contributed by atoms with Gasteiger partial charge in [-0.05, 0) is 74.8 Å². The normalized spacial score (nSPS) is 11.1. The van der Waals surface area contributed by atoms with Crippen molar-refractivity contribution in [1.82, 2.24) is 19.9 Å². The summed E-state index contributed by atoms with van der Waals surface area (Å²) in [6.45, 7) is 3.62. The summed E-state index contributed by atoms with van der Waals surface area (Å²) in [4.78, 5) is 17.6. The standard InChI is InChI=1S/C29H29FN6O/c1-19-6-4-9-26(34-19)29-28(35-27(36-29)18-32-23-8-5-7-22(30)16-23)20-10-11-25-21(14-20)15-24(17-33-25)37-13-3-2-12-31/h4-11,14-17,32H,2-3,12-13,18,31H2,1H3,(H,35,36). The van der Waals surface area contributed by atoms with Gasteiger partial charge in [-0.15, -0.1) is 0 Å². The first-order valence-corrected chi connectivity index (χ1v) is 12.3. The van der Waals surface area contributed by atoms with E-state index in [-0.39, 0.29) is 5.82 Å². The number of aromatic nitrogens is 4. The van der Waals surface area contributed by atoms with E-state index in [1.807, 2.05) is 49.4 Å². The molecule has 0 fully saturated rings. The molecule has 0 amide bonds. The van der Waals surface area contributed by atoms with Gasteiger partial charge in [-0.3, -0.25) is 9.97 Å². The molecule has 3 aromatic heterocycles. The number of nitrogens with two attached hydrogens (primary N) is 1. The number of hydrogen-bond acceptors (Lipinski definition) is 6. The molecule has 4 N–H and O–H groups in total. The minimum absolute atomic E-state index is 0.290. The number of benzene rings is 2.